The molecular formula is C42H65FN2O30. The van der Waals surface area contributed by atoms with Crippen LogP contribution in [0.15, 0.2) is 0 Å². The molecule has 4 aliphatic rings. The molecule has 4 rings (SSSR count). The first kappa shape index (κ1) is 63.0. The molecule has 0 radical (unpaired) electrons. The van der Waals surface area contributed by atoms with E-state index in [-0.39, 0.29) is 0 Å². The molecule has 4 aliphatic heterocycles. The molecule has 2 amide bonds. The number of aliphatic hydroxyl groups is 10. The van der Waals surface area contributed by atoms with Crippen molar-refractivity contribution in [1.82, 2.24) is 10.6 Å². The number of hydrogen-bond acceptors (Lipinski definition) is 29. The van der Waals surface area contributed by atoms with Gasteiger partial charge in [0.05, 0.1) is 51.5 Å². The van der Waals surface area contributed by atoms with E-state index in [0.29, 0.717) is 0 Å². The smallest absolute Gasteiger partial charge is 0.366 e. The number of nitrogens with one attached hydrogen (secondary N) is 2. The lowest BCUT2D eigenvalue weighted by atomic mass is 9.87. The minimum absolute atomic E-state index is 0.642. The molecule has 4 saturated heterocycles. The van der Waals surface area contributed by atoms with Crippen LogP contribution in [0, 0.1) is 0 Å². The van der Waals surface area contributed by atoms with E-state index in [0.717, 1.165) is 41.9 Å². The van der Waals surface area contributed by atoms with Crippen LogP contribution in [0.2, 0.25) is 0 Å². The van der Waals surface area contributed by atoms with Gasteiger partial charge in [-0.3, -0.25) is 24.0 Å². The van der Waals surface area contributed by atoms with Gasteiger partial charge in [0.15, 0.2) is 12.4 Å². The Morgan fingerprint density at radius 1 is 0.747 bits per heavy atom. The van der Waals surface area contributed by atoms with Gasteiger partial charge in [-0.25, -0.2) is 14.0 Å². The Balaban J connectivity index is 1.70. The van der Waals surface area contributed by atoms with Crippen LogP contribution in [0.1, 0.15) is 40.5 Å². The van der Waals surface area contributed by atoms with Crippen LogP contribution in [-0.2, 0) is 90.4 Å². The number of esters is 4. The molecule has 0 aromatic carbocycles. The van der Waals surface area contributed by atoms with Crippen molar-refractivity contribution in [2.75, 3.05) is 47.3 Å². The van der Waals surface area contributed by atoms with Crippen molar-refractivity contribution in [1.29, 1.82) is 0 Å². The highest BCUT2D eigenvalue weighted by Gasteiger charge is 2.62. The second kappa shape index (κ2) is 27.2. The fraction of sp³-hybridized carbons (Fsp3) is 0.833. The van der Waals surface area contributed by atoms with Crippen LogP contribution in [0.4, 0.5) is 4.39 Å². The van der Waals surface area contributed by atoms with Gasteiger partial charge in [0.1, 0.15) is 98.7 Å². The molecule has 32 nitrogen and oxygen atoms in total. The maximum Gasteiger partial charge on any atom is 0.366 e. The molecule has 33 heteroatoms. The molecule has 0 aromatic rings. The molecule has 0 spiro atoms. The number of carbonyl (C=O) groups is 7. The van der Waals surface area contributed by atoms with E-state index < -0.39 is 222 Å². The maximum atomic E-state index is 14.2. The minimum Gasteiger partial charge on any atom is -0.477 e. The zero-order valence-electron chi connectivity index (χ0n) is 41.1. The van der Waals surface area contributed by atoms with E-state index in [2.05, 4.69) is 10.6 Å². The zero-order valence-corrected chi connectivity index (χ0v) is 41.1. The Morgan fingerprint density at radius 2 is 1.39 bits per heavy atom. The normalized spacial score (nSPS) is 37.6. The number of rotatable bonds is 23. The molecule has 22 atom stereocenters. The number of carboxylic acids is 1. The van der Waals surface area contributed by atoms with E-state index in [1.807, 2.05) is 0 Å². The minimum atomic E-state index is -3.35. The van der Waals surface area contributed by atoms with Crippen molar-refractivity contribution in [3.63, 3.8) is 0 Å². The molecular weight excluding hydrogens is 1030 g/mol. The van der Waals surface area contributed by atoms with Crippen LogP contribution in [0.3, 0.4) is 0 Å². The first-order chi connectivity index (χ1) is 35.1. The second-order valence-corrected chi connectivity index (χ2v) is 17.7. The van der Waals surface area contributed by atoms with Gasteiger partial charge in [0, 0.05) is 41.2 Å². The molecule has 4 fully saturated rings. The Hall–Kier alpha value is -4.50. The summed E-state index contributed by atoms with van der Waals surface area (Å²) >= 11 is 0. The van der Waals surface area contributed by atoms with Crippen molar-refractivity contribution in [2.24, 2.45) is 0 Å². The number of ether oxygens (including phenoxy) is 12. The lowest BCUT2D eigenvalue weighted by Crippen LogP contribution is -2.71. The molecule has 13 N–H and O–H groups in total. The van der Waals surface area contributed by atoms with Crippen molar-refractivity contribution in [3.8, 4) is 0 Å². The fourth-order valence-electron chi connectivity index (χ4n) is 8.75. The van der Waals surface area contributed by atoms with Crippen molar-refractivity contribution in [2.45, 2.75) is 175 Å². The second-order valence-electron chi connectivity index (χ2n) is 17.7. The van der Waals surface area contributed by atoms with Crippen LogP contribution in [-0.4, -0.2) is 279 Å². The van der Waals surface area contributed by atoms with Crippen molar-refractivity contribution in [3.05, 3.63) is 0 Å². The summed E-state index contributed by atoms with van der Waals surface area (Å²) in [6.07, 6.45) is -40.1. The van der Waals surface area contributed by atoms with Gasteiger partial charge in [0.25, 0.3) is 11.6 Å². The lowest BCUT2D eigenvalue weighted by molar-refractivity contribution is -0.383. The average molecular weight is 1100 g/mol. The highest BCUT2D eigenvalue weighted by Crippen LogP contribution is 2.40. The molecule has 0 saturated carbocycles. The molecule has 0 aromatic heterocycles. The predicted octanol–water partition coefficient (Wildman–Crippen LogP) is -8.65. The zero-order chi connectivity index (χ0) is 56.4. The van der Waals surface area contributed by atoms with Gasteiger partial charge in [-0.05, 0) is 0 Å². The monoisotopic (exact) mass is 1100 g/mol. The first-order valence-corrected chi connectivity index (χ1v) is 22.9. The van der Waals surface area contributed by atoms with Crippen LogP contribution in [0.5, 0.6) is 0 Å². The Morgan fingerprint density at radius 3 is 1.92 bits per heavy atom. The summed E-state index contributed by atoms with van der Waals surface area (Å²) in [5, 5.41) is 122. The summed E-state index contributed by atoms with van der Waals surface area (Å²) in [4.78, 5) is 90.3. The number of aliphatic hydroxyl groups excluding tert-OH is 10. The average Bonchev–Trinajstić information content (AvgIpc) is 3.35. The van der Waals surface area contributed by atoms with E-state index in [9.17, 15) is 94.1 Å². The fourth-order valence-corrected chi connectivity index (χ4v) is 8.75. The SMILES string of the molecule is COC(=O)[C@@]1(OCC(=O)N[C@H]2[C@H]([C@H](O)[C@H](O)CO)O[C@@](O[C@H]3[C@@H](O)[C@@H](CO)O[C@@H](O[C@H]4[C@H](O)[C@@H](O)[C@@H](F)O[C@@H]4CO)[C@@H]3O)(C(=O)O)C[C@@H]2O)C[C@H](OC(C)=O)[C@@H](NC(C)=O)[C@H]([C@H](OC(C)=O)[C@@H](COC(C)=O)OC)O1. The summed E-state index contributed by atoms with van der Waals surface area (Å²) < 4.78 is 79.5. The van der Waals surface area contributed by atoms with Gasteiger partial charge >= 0.3 is 29.8 Å². The molecule has 75 heavy (non-hydrogen) atoms. The molecule has 0 aliphatic carbocycles. The number of hydrogen-bond donors (Lipinski definition) is 13. The van der Waals surface area contributed by atoms with Gasteiger partial charge < -0.3 is 124 Å². The first-order valence-electron chi connectivity index (χ1n) is 22.9. The Bertz CT molecular complexity index is 1970. The lowest BCUT2D eigenvalue weighted by Gasteiger charge is -2.50. The third-order valence-electron chi connectivity index (χ3n) is 12.3. The number of amides is 2. The van der Waals surface area contributed by atoms with E-state index in [4.69, 9.17) is 56.8 Å². The van der Waals surface area contributed by atoms with Crippen molar-refractivity contribution >= 4 is 41.7 Å². The third kappa shape index (κ3) is 15.0. The van der Waals surface area contributed by atoms with Gasteiger partial charge in [-0.1, -0.05) is 0 Å². The van der Waals surface area contributed by atoms with E-state index >= 15 is 0 Å². The van der Waals surface area contributed by atoms with Crippen LogP contribution < -0.4 is 10.6 Å². The summed E-state index contributed by atoms with van der Waals surface area (Å²) in [7, 11) is 1.94. The highest BCUT2D eigenvalue weighted by atomic mass is 19.1. The molecule has 0 unspecified atom stereocenters. The topological polar surface area (TPSA) is 477 Å². The number of alkyl halides is 1. The standard InChI is InChI=1S/C42H65FN2O30/c1-14(49)44-26-20(68-16(3)51)8-42(40(63)65-6,74-35(26)33(69-17(4)52)23(64-5)12-66-15(2)50)67-13-24(55)45-25-18(53)7-41(39(61)62,73-34(25)27(56)19(54)9-46)75-36-28(57)21(10-47)71-38(31(36)60)72-32-22(11-48)70-37(43)30(59)29(32)58/h18-23,25-38,46-48,53-54,56-60H,7-13H2,1-6H3,(H,44,49)(H,45,55)(H,61,62)/t18-,19+,20-,21+,22+,23+,25+,26+,27+,28-,29+,30+,31+,32+,33+,34+,35+,36-,37-,38-,41-,42+/m0/s1. The van der Waals surface area contributed by atoms with E-state index in [1.165, 1.54) is 0 Å². The van der Waals surface area contributed by atoms with Crippen molar-refractivity contribution < 1.29 is 151 Å². The van der Waals surface area contributed by atoms with Gasteiger partial charge in [0.2, 0.25) is 18.2 Å². The highest BCUT2D eigenvalue weighted by molar-refractivity contribution is 5.81. The largest absolute Gasteiger partial charge is 0.477 e. The molecule has 4 heterocycles. The number of methoxy groups -OCH3 is 2. The third-order valence-corrected chi connectivity index (χ3v) is 12.3. The van der Waals surface area contributed by atoms with Crippen LogP contribution in [0.25, 0.3) is 0 Å². The summed E-state index contributed by atoms with van der Waals surface area (Å²) in [6.45, 7) is -1.48. The number of halogens is 1. The van der Waals surface area contributed by atoms with E-state index in [1.54, 1.807) is 0 Å². The number of carboxylic acid groups (broad SMARTS) is 1. The predicted molar refractivity (Wildman–Crippen MR) is 230 cm³/mol. The van der Waals surface area contributed by atoms with Gasteiger partial charge in [-0.15, -0.1) is 0 Å². The molecule has 0 bridgehead atoms. The summed E-state index contributed by atoms with van der Waals surface area (Å²) in [5.74, 6) is -14.9. The maximum absolute atomic E-state index is 14.2. The molecule has 430 valence electrons. The summed E-state index contributed by atoms with van der Waals surface area (Å²) in [6, 6.07) is -3.61. The van der Waals surface area contributed by atoms with Gasteiger partial charge in [-0.2, -0.15) is 0 Å². The van der Waals surface area contributed by atoms with Crippen LogP contribution >= 0.6 is 0 Å². The Labute approximate surface area is 424 Å². The quantitative estimate of drug-likeness (QED) is 0.0334. The number of carbonyl (C=O) groups excluding carboxylic acids is 6. The number of aliphatic carboxylic acids is 1. The Kier molecular flexibility index (Phi) is 22.9. The summed E-state index contributed by atoms with van der Waals surface area (Å²) in [5.41, 5.74) is 0.